The minimum atomic E-state index is -0.691. The molecule has 1 heterocycles. The number of hydrogen-bond acceptors (Lipinski definition) is 5. The van der Waals surface area contributed by atoms with E-state index in [2.05, 4.69) is 13.8 Å². The number of carbonyl (C=O) groups excluding carboxylic acids is 1. The van der Waals surface area contributed by atoms with E-state index in [-0.39, 0.29) is 24.3 Å². The Morgan fingerprint density at radius 3 is 2.62 bits per heavy atom. The molecular weight excluding hydrogens is 272 g/mol. The largest absolute Gasteiger partial charge is 0.468 e. The van der Waals surface area contributed by atoms with Crippen LogP contribution in [-0.4, -0.2) is 51.2 Å². The van der Waals surface area contributed by atoms with Crippen molar-refractivity contribution in [2.75, 3.05) is 26.9 Å². The van der Waals surface area contributed by atoms with E-state index in [4.69, 9.17) is 18.9 Å². The summed E-state index contributed by atoms with van der Waals surface area (Å²) in [6.07, 6.45) is 4.72. The van der Waals surface area contributed by atoms with Crippen molar-refractivity contribution in [1.82, 2.24) is 0 Å². The van der Waals surface area contributed by atoms with Gasteiger partial charge in [-0.3, -0.25) is 4.79 Å². The number of hydrogen-bond donors (Lipinski definition) is 0. The van der Waals surface area contributed by atoms with Crippen molar-refractivity contribution in [1.29, 1.82) is 0 Å². The van der Waals surface area contributed by atoms with Crippen LogP contribution in [0.4, 0.5) is 0 Å². The van der Waals surface area contributed by atoms with Gasteiger partial charge in [0.25, 0.3) is 0 Å². The summed E-state index contributed by atoms with van der Waals surface area (Å²) in [5.41, 5.74) is -0.691. The van der Waals surface area contributed by atoms with Crippen LogP contribution in [0.5, 0.6) is 0 Å². The minimum absolute atomic E-state index is 0.0377. The number of ether oxygens (including phenoxy) is 4. The zero-order chi connectivity index (χ0) is 15.3. The van der Waals surface area contributed by atoms with Gasteiger partial charge >= 0.3 is 5.97 Å². The number of unbranched alkanes of at least 4 members (excludes halogenated alkanes) is 2. The molecule has 0 aromatic heterocycles. The predicted molar refractivity (Wildman–Crippen MR) is 78.1 cm³/mol. The quantitative estimate of drug-likeness (QED) is 0.352. The van der Waals surface area contributed by atoms with Crippen molar-refractivity contribution < 1.29 is 23.7 Å². The summed E-state index contributed by atoms with van der Waals surface area (Å²) >= 11 is 0. The summed E-state index contributed by atoms with van der Waals surface area (Å²) < 4.78 is 22.4. The highest BCUT2D eigenvalue weighted by Crippen LogP contribution is 2.52. The monoisotopic (exact) mass is 300 g/mol. The lowest BCUT2D eigenvalue weighted by molar-refractivity contribution is -0.173. The Balaban J connectivity index is 2.00. The third kappa shape index (κ3) is 3.58. The van der Waals surface area contributed by atoms with Crippen molar-refractivity contribution in [2.45, 2.75) is 64.3 Å². The molecule has 1 aliphatic carbocycles. The maximum atomic E-state index is 12.4. The zero-order valence-electron chi connectivity index (χ0n) is 13.4. The Hall–Kier alpha value is -0.650. The van der Waals surface area contributed by atoms with Gasteiger partial charge in [0.1, 0.15) is 17.6 Å². The van der Waals surface area contributed by atoms with Crippen LogP contribution in [0.25, 0.3) is 0 Å². The molecule has 1 aliphatic heterocycles. The molecule has 2 fully saturated rings. The van der Waals surface area contributed by atoms with E-state index in [1.165, 1.54) is 7.11 Å². The molecule has 122 valence electrons. The lowest BCUT2D eigenvalue weighted by Gasteiger charge is -2.33. The highest BCUT2D eigenvalue weighted by molar-refractivity contribution is 5.79. The van der Waals surface area contributed by atoms with Gasteiger partial charge in [0.05, 0.1) is 19.8 Å². The van der Waals surface area contributed by atoms with E-state index in [0.717, 1.165) is 25.7 Å². The highest BCUT2D eigenvalue weighted by Gasteiger charge is 2.68. The molecule has 4 atom stereocenters. The van der Waals surface area contributed by atoms with Crippen molar-refractivity contribution in [3.05, 3.63) is 0 Å². The molecule has 0 amide bonds. The van der Waals surface area contributed by atoms with Crippen LogP contribution in [0.1, 0.15) is 46.0 Å². The van der Waals surface area contributed by atoms with Gasteiger partial charge in [-0.1, -0.05) is 26.7 Å². The fourth-order valence-electron chi connectivity index (χ4n) is 3.09. The smallest absolute Gasteiger partial charge is 0.317 e. The molecule has 5 heteroatoms. The molecule has 5 nitrogen and oxygen atoms in total. The van der Waals surface area contributed by atoms with E-state index in [1.807, 2.05) is 0 Å². The number of fused-ring (bicyclic) bond motifs is 1. The normalized spacial score (nSPS) is 33.8. The molecule has 21 heavy (non-hydrogen) atoms. The second-order valence-electron chi connectivity index (χ2n) is 6.04. The zero-order valence-corrected chi connectivity index (χ0v) is 13.4. The van der Waals surface area contributed by atoms with E-state index in [9.17, 15) is 4.79 Å². The van der Waals surface area contributed by atoms with Crippen molar-refractivity contribution in [2.24, 2.45) is 5.41 Å². The molecule has 0 unspecified atom stereocenters. The van der Waals surface area contributed by atoms with Crippen molar-refractivity contribution in [3.8, 4) is 0 Å². The Kier molecular flexibility index (Phi) is 6.02. The Labute approximate surface area is 127 Å². The van der Waals surface area contributed by atoms with Gasteiger partial charge in [-0.15, -0.1) is 0 Å². The summed E-state index contributed by atoms with van der Waals surface area (Å²) in [6.45, 7) is 5.94. The molecule has 0 aromatic carbocycles. The topological polar surface area (TPSA) is 57.3 Å². The summed E-state index contributed by atoms with van der Waals surface area (Å²) in [5.74, 6) is -0.226. The standard InChI is InChI=1S/C16H28O5/c1-4-6-8-19-11-16(15(17)18-3)10-12-13(21-12)14(16)20-9-7-5-2/h12-14H,4-11H2,1-3H3/t12-,13-,14-,16-/m0/s1. The maximum absolute atomic E-state index is 12.4. The van der Waals surface area contributed by atoms with Gasteiger partial charge in [-0.25, -0.2) is 0 Å². The van der Waals surface area contributed by atoms with E-state index in [0.29, 0.717) is 26.2 Å². The molecule has 0 aromatic rings. The summed E-state index contributed by atoms with van der Waals surface area (Å²) in [6, 6.07) is 0. The Bertz CT molecular complexity index is 346. The number of esters is 1. The molecule has 0 bridgehead atoms. The molecule has 1 saturated heterocycles. The first-order chi connectivity index (χ1) is 10.2. The van der Waals surface area contributed by atoms with Crippen molar-refractivity contribution >= 4 is 5.97 Å². The first kappa shape index (κ1) is 16.7. The number of rotatable bonds is 10. The summed E-state index contributed by atoms with van der Waals surface area (Å²) in [5, 5.41) is 0. The third-order valence-corrected chi connectivity index (χ3v) is 4.42. The number of carbonyl (C=O) groups is 1. The number of epoxide rings is 1. The van der Waals surface area contributed by atoms with E-state index >= 15 is 0 Å². The van der Waals surface area contributed by atoms with Crippen LogP contribution in [-0.2, 0) is 23.7 Å². The molecule has 1 saturated carbocycles. The molecular formula is C16H28O5. The van der Waals surface area contributed by atoms with Crippen LogP contribution in [0, 0.1) is 5.41 Å². The van der Waals surface area contributed by atoms with Crippen LogP contribution in [0.15, 0.2) is 0 Å². The van der Waals surface area contributed by atoms with Crippen LogP contribution >= 0.6 is 0 Å². The van der Waals surface area contributed by atoms with Gasteiger partial charge in [0.2, 0.25) is 0 Å². The first-order valence-corrected chi connectivity index (χ1v) is 8.12. The lowest BCUT2D eigenvalue weighted by Crippen LogP contribution is -2.48. The Morgan fingerprint density at radius 1 is 1.24 bits per heavy atom. The van der Waals surface area contributed by atoms with E-state index in [1.54, 1.807) is 0 Å². The molecule has 0 N–H and O–H groups in total. The van der Waals surface area contributed by atoms with Crippen LogP contribution < -0.4 is 0 Å². The van der Waals surface area contributed by atoms with Gasteiger partial charge < -0.3 is 18.9 Å². The lowest BCUT2D eigenvalue weighted by atomic mass is 9.83. The second kappa shape index (κ2) is 7.56. The van der Waals surface area contributed by atoms with Gasteiger partial charge in [-0.2, -0.15) is 0 Å². The SMILES string of the molecule is CCCCOC[C@@]1(C(=O)OC)C[C@@H]2O[C@@H]2[C@@H]1OCCCC. The van der Waals surface area contributed by atoms with Gasteiger partial charge in [0, 0.05) is 13.2 Å². The van der Waals surface area contributed by atoms with Crippen molar-refractivity contribution in [3.63, 3.8) is 0 Å². The second-order valence-corrected chi connectivity index (χ2v) is 6.04. The average Bonchev–Trinajstić information content (AvgIpc) is 3.18. The van der Waals surface area contributed by atoms with Crippen LogP contribution in [0.2, 0.25) is 0 Å². The molecule has 0 radical (unpaired) electrons. The molecule has 2 rings (SSSR count). The first-order valence-electron chi connectivity index (χ1n) is 8.12. The molecule has 2 aliphatic rings. The summed E-state index contributed by atoms with van der Waals surface area (Å²) in [7, 11) is 1.43. The predicted octanol–water partition coefficient (Wildman–Crippen LogP) is 2.32. The highest BCUT2D eigenvalue weighted by atomic mass is 16.6. The fraction of sp³-hybridized carbons (Fsp3) is 0.938. The Morgan fingerprint density at radius 2 is 1.95 bits per heavy atom. The maximum Gasteiger partial charge on any atom is 0.317 e. The van der Waals surface area contributed by atoms with Gasteiger partial charge in [0.15, 0.2) is 0 Å². The summed E-state index contributed by atoms with van der Waals surface area (Å²) in [4.78, 5) is 12.4. The van der Waals surface area contributed by atoms with E-state index < -0.39 is 5.41 Å². The average molecular weight is 300 g/mol. The minimum Gasteiger partial charge on any atom is -0.468 e. The van der Waals surface area contributed by atoms with Gasteiger partial charge in [-0.05, 0) is 19.3 Å². The van der Waals surface area contributed by atoms with Crippen LogP contribution in [0.3, 0.4) is 0 Å². The fourth-order valence-corrected chi connectivity index (χ4v) is 3.09. The molecule has 0 spiro atoms. The third-order valence-electron chi connectivity index (χ3n) is 4.42. The number of methoxy groups -OCH3 is 1.